The van der Waals surface area contributed by atoms with Crippen LogP contribution in [-0.4, -0.2) is 65.7 Å². The zero-order valence-corrected chi connectivity index (χ0v) is 16.5. The van der Waals surface area contributed by atoms with Gasteiger partial charge >= 0.3 is 5.97 Å². The van der Waals surface area contributed by atoms with Crippen molar-refractivity contribution in [2.45, 2.75) is 38.8 Å². The van der Waals surface area contributed by atoms with Crippen LogP contribution in [0.5, 0.6) is 11.5 Å². The zero-order chi connectivity index (χ0) is 20.0. The number of benzene rings is 1. The van der Waals surface area contributed by atoms with Gasteiger partial charge in [-0.15, -0.1) is 0 Å². The molecule has 0 saturated carbocycles. The Labute approximate surface area is 164 Å². The van der Waals surface area contributed by atoms with Crippen LogP contribution in [0.3, 0.4) is 0 Å². The van der Waals surface area contributed by atoms with Gasteiger partial charge in [-0.05, 0) is 30.5 Å². The number of piperidine rings is 1. The van der Waals surface area contributed by atoms with E-state index in [4.69, 9.17) is 26.2 Å². The van der Waals surface area contributed by atoms with Crippen LogP contribution in [0.15, 0.2) is 12.1 Å². The van der Waals surface area contributed by atoms with E-state index < -0.39 is 24.1 Å². The summed E-state index contributed by atoms with van der Waals surface area (Å²) in [5, 5.41) is 29.4. The summed E-state index contributed by atoms with van der Waals surface area (Å²) in [6.07, 6.45) is 1.74. The van der Waals surface area contributed by atoms with Crippen LogP contribution in [-0.2, 0) is 11.3 Å². The van der Waals surface area contributed by atoms with E-state index in [-0.39, 0.29) is 17.4 Å². The molecule has 0 amide bonds. The number of aliphatic hydroxyl groups excluding tert-OH is 2. The fraction of sp³-hybridized carbons (Fsp3) is 0.632. The van der Waals surface area contributed by atoms with Gasteiger partial charge in [0.1, 0.15) is 0 Å². The van der Waals surface area contributed by atoms with E-state index in [0.29, 0.717) is 31.8 Å². The van der Waals surface area contributed by atoms with Crippen LogP contribution in [0.25, 0.3) is 0 Å². The van der Waals surface area contributed by atoms with Crippen molar-refractivity contribution in [1.29, 1.82) is 0 Å². The number of hydrogen-bond donors (Lipinski definition) is 3. The minimum absolute atomic E-state index is 0.0510. The highest BCUT2D eigenvalue weighted by Crippen LogP contribution is 2.38. The van der Waals surface area contributed by atoms with Gasteiger partial charge in [0.25, 0.3) is 0 Å². The smallest absolute Gasteiger partial charge is 0.341 e. The number of nitrogens with zero attached hydrogens (tertiary/aromatic N) is 1. The minimum Gasteiger partial charge on any atom is -0.493 e. The summed E-state index contributed by atoms with van der Waals surface area (Å²) in [5.41, 5.74) is 0.380. The van der Waals surface area contributed by atoms with Crippen molar-refractivity contribution in [3.63, 3.8) is 0 Å². The van der Waals surface area contributed by atoms with Crippen molar-refractivity contribution in [2.75, 3.05) is 33.4 Å². The van der Waals surface area contributed by atoms with Crippen molar-refractivity contribution in [2.24, 2.45) is 5.41 Å². The van der Waals surface area contributed by atoms with E-state index in [1.165, 1.54) is 7.11 Å². The summed E-state index contributed by atoms with van der Waals surface area (Å²) < 4.78 is 10.5. The first-order chi connectivity index (χ1) is 12.8. The molecule has 1 aliphatic heterocycles. The molecule has 0 aromatic heterocycles. The second kappa shape index (κ2) is 9.59. The fourth-order valence-corrected chi connectivity index (χ4v) is 4.04. The average Bonchev–Trinajstić information content (AvgIpc) is 2.63. The molecule has 2 atom stereocenters. The summed E-state index contributed by atoms with van der Waals surface area (Å²) >= 11 is 6.27. The molecular formula is C19H28ClNO6. The highest BCUT2D eigenvalue weighted by Gasteiger charge is 2.41. The molecule has 1 aromatic rings. The number of carboxylic acids is 1. The Balaban J connectivity index is 2.17. The van der Waals surface area contributed by atoms with Gasteiger partial charge in [0, 0.05) is 25.0 Å². The van der Waals surface area contributed by atoms with Crippen molar-refractivity contribution < 1.29 is 29.6 Å². The Morgan fingerprint density at radius 1 is 1.44 bits per heavy atom. The first kappa shape index (κ1) is 21.8. The van der Waals surface area contributed by atoms with Gasteiger partial charge in [0.15, 0.2) is 18.1 Å². The molecule has 0 radical (unpaired) electrons. The number of carboxylic acid groups (broad SMARTS) is 1. The van der Waals surface area contributed by atoms with Gasteiger partial charge < -0.3 is 24.8 Å². The Morgan fingerprint density at radius 3 is 2.78 bits per heavy atom. The summed E-state index contributed by atoms with van der Waals surface area (Å²) in [4.78, 5) is 12.9. The maximum atomic E-state index is 10.7. The lowest BCUT2D eigenvalue weighted by Gasteiger charge is -2.45. The normalized spacial score (nSPS) is 23.2. The topological polar surface area (TPSA) is 99.5 Å². The van der Waals surface area contributed by atoms with Gasteiger partial charge in [0.05, 0.1) is 24.8 Å². The van der Waals surface area contributed by atoms with E-state index in [2.05, 4.69) is 4.90 Å². The summed E-state index contributed by atoms with van der Waals surface area (Å²) in [5.74, 6) is -0.520. The third-order valence-corrected chi connectivity index (χ3v) is 5.34. The van der Waals surface area contributed by atoms with Gasteiger partial charge in [-0.3, -0.25) is 4.90 Å². The standard InChI is InChI=1S/C19H28ClNO6/c1-3-5-19(12-22)11-21(6-4-16(19)23)9-13-7-14(20)18(15(8-13)26-2)27-10-17(24)25/h7-8,16,22-23H,3-6,9-12H2,1-2H3,(H,24,25)/t16-,19-/m0/s1. The maximum Gasteiger partial charge on any atom is 0.341 e. The average molecular weight is 402 g/mol. The molecule has 1 fully saturated rings. The summed E-state index contributed by atoms with van der Waals surface area (Å²) in [7, 11) is 1.47. The summed E-state index contributed by atoms with van der Waals surface area (Å²) in [6.45, 7) is 3.37. The van der Waals surface area contributed by atoms with E-state index in [0.717, 1.165) is 18.4 Å². The highest BCUT2D eigenvalue weighted by atomic mass is 35.5. The largest absolute Gasteiger partial charge is 0.493 e. The maximum absolute atomic E-state index is 10.7. The van der Waals surface area contributed by atoms with Crippen molar-refractivity contribution in [3.8, 4) is 11.5 Å². The van der Waals surface area contributed by atoms with E-state index in [1.807, 2.05) is 6.92 Å². The number of hydrogen-bond acceptors (Lipinski definition) is 6. The molecule has 1 saturated heterocycles. The van der Waals surface area contributed by atoms with Crippen LogP contribution in [0.2, 0.25) is 5.02 Å². The zero-order valence-electron chi connectivity index (χ0n) is 15.8. The molecule has 2 rings (SSSR count). The number of aliphatic hydroxyl groups is 2. The van der Waals surface area contributed by atoms with Crippen molar-refractivity contribution in [3.05, 3.63) is 22.7 Å². The number of methoxy groups -OCH3 is 1. The van der Waals surface area contributed by atoms with Crippen LogP contribution < -0.4 is 9.47 Å². The Kier molecular flexibility index (Phi) is 7.73. The Hall–Kier alpha value is -1.54. The van der Waals surface area contributed by atoms with E-state index in [9.17, 15) is 15.0 Å². The first-order valence-electron chi connectivity index (χ1n) is 9.07. The lowest BCUT2D eigenvalue weighted by molar-refractivity contribution is -0.139. The van der Waals surface area contributed by atoms with Crippen LogP contribution in [0.1, 0.15) is 31.7 Å². The predicted octanol–water partition coefficient (Wildman–Crippen LogP) is 2.16. The molecule has 1 aliphatic rings. The van der Waals surface area contributed by atoms with Gasteiger partial charge in [-0.2, -0.15) is 0 Å². The van der Waals surface area contributed by atoms with E-state index in [1.54, 1.807) is 12.1 Å². The quantitative estimate of drug-likeness (QED) is 0.583. The molecular weight excluding hydrogens is 374 g/mol. The molecule has 7 nitrogen and oxygen atoms in total. The Bertz CT molecular complexity index is 655. The van der Waals surface area contributed by atoms with Crippen molar-refractivity contribution in [1.82, 2.24) is 4.90 Å². The number of carbonyl (C=O) groups is 1. The molecule has 0 spiro atoms. The molecule has 1 heterocycles. The number of aliphatic carboxylic acids is 1. The molecule has 0 unspecified atom stereocenters. The van der Waals surface area contributed by atoms with Crippen LogP contribution in [0, 0.1) is 5.41 Å². The third-order valence-electron chi connectivity index (χ3n) is 5.06. The fourth-order valence-electron chi connectivity index (χ4n) is 3.75. The molecule has 152 valence electrons. The Morgan fingerprint density at radius 2 is 2.19 bits per heavy atom. The molecule has 8 heteroatoms. The predicted molar refractivity (Wildman–Crippen MR) is 101 cm³/mol. The van der Waals surface area contributed by atoms with Gasteiger partial charge in [0.2, 0.25) is 0 Å². The number of likely N-dealkylation sites (tertiary alicyclic amines) is 1. The number of ether oxygens (including phenoxy) is 2. The number of halogens is 1. The molecule has 3 N–H and O–H groups in total. The SMILES string of the molecule is CCC[C@@]1(CO)CN(Cc2cc(Cl)c(OCC(=O)O)c(OC)c2)CC[C@@H]1O. The number of rotatable bonds is 9. The lowest BCUT2D eigenvalue weighted by atomic mass is 9.74. The molecule has 27 heavy (non-hydrogen) atoms. The van der Waals surface area contributed by atoms with E-state index >= 15 is 0 Å². The van der Waals surface area contributed by atoms with Crippen molar-refractivity contribution >= 4 is 17.6 Å². The second-order valence-electron chi connectivity index (χ2n) is 7.08. The minimum atomic E-state index is -1.10. The third kappa shape index (κ3) is 5.25. The molecule has 1 aromatic carbocycles. The van der Waals surface area contributed by atoms with Crippen LogP contribution >= 0.6 is 11.6 Å². The first-order valence-corrected chi connectivity index (χ1v) is 9.45. The highest BCUT2D eigenvalue weighted by molar-refractivity contribution is 6.32. The lowest BCUT2D eigenvalue weighted by Crippen LogP contribution is -2.53. The molecule has 0 aliphatic carbocycles. The summed E-state index contributed by atoms with van der Waals surface area (Å²) in [6, 6.07) is 3.50. The second-order valence-corrected chi connectivity index (χ2v) is 7.48. The van der Waals surface area contributed by atoms with Gasteiger partial charge in [-0.25, -0.2) is 4.79 Å². The van der Waals surface area contributed by atoms with Gasteiger partial charge in [-0.1, -0.05) is 24.9 Å². The monoisotopic (exact) mass is 401 g/mol. The van der Waals surface area contributed by atoms with Crippen LogP contribution in [0.4, 0.5) is 0 Å². The molecule has 0 bridgehead atoms.